The van der Waals surface area contributed by atoms with E-state index in [-0.39, 0.29) is 11.6 Å². The Labute approximate surface area is 111 Å². The molecule has 1 atom stereocenters. The molecule has 0 aromatic heterocycles. The van der Waals surface area contributed by atoms with Crippen LogP contribution >= 0.6 is 0 Å². The van der Waals surface area contributed by atoms with Gasteiger partial charge < -0.3 is 15.2 Å². The molecule has 1 aliphatic carbocycles. The molecule has 0 radical (unpaired) electrons. The number of likely N-dealkylation sites (N-methyl/N-ethyl adjacent to an activating group) is 1. The summed E-state index contributed by atoms with van der Waals surface area (Å²) in [4.78, 5) is 2.41. The first-order valence-corrected chi connectivity index (χ1v) is 7.42. The van der Waals surface area contributed by atoms with Crippen molar-refractivity contribution >= 4 is 0 Å². The Morgan fingerprint density at radius 2 is 2.11 bits per heavy atom. The van der Waals surface area contributed by atoms with Crippen molar-refractivity contribution in [1.82, 2.24) is 4.90 Å². The van der Waals surface area contributed by atoms with E-state index in [0.29, 0.717) is 13.2 Å². The molecule has 2 fully saturated rings. The standard InChI is InChI=1S/C14H28N2O2/c1-2-16-8-9-18-13(10-16)11-17-12-14(15)6-4-3-5-7-14/h13H,2-12,15H2,1H3. The molecule has 2 rings (SSSR count). The molecule has 18 heavy (non-hydrogen) atoms. The van der Waals surface area contributed by atoms with Crippen molar-refractivity contribution in [2.24, 2.45) is 5.73 Å². The Morgan fingerprint density at radius 3 is 2.83 bits per heavy atom. The topological polar surface area (TPSA) is 47.7 Å². The van der Waals surface area contributed by atoms with E-state index in [1.165, 1.54) is 19.3 Å². The monoisotopic (exact) mass is 256 g/mol. The van der Waals surface area contributed by atoms with E-state index in [2.05, 4.69) is 11.8 Å². The highest BCUT2D eigenvalue weighted by atomic mass is 16.5. The van der Waals surface area contributed by atoms with E-state index in [9.17, 15) is 0 Å². The van der Waals surface area contributed by atoms with Crippen LogP contribution in [0.15, 0.2) is 0 Å². The highest BCUT2D eigenvalue weighted by molar-refractivity contribution is 4.87. The Hall–Kier alpha value is -0.160. The van der Waals surface area contributed by atoms with Crippen molar-refractivity contribution in [2.75, 3.05) is 39.5 Å². The molecular formula is C14H28N2O2. The maximum Gasteiger partial charge on any atom is 0.0935 e. The van der Waals surface area contributed by atoms with Gasteiger partial charge in [0.15, 0.2) is 0 Å². The van der Waals surface area contributed by atoms with Gasteiger partial charge >= 0.3 is 0 Å². The summed E-state index contributed by atoms with van der Waals surface area (Å²) in [5.41, 5.74) is 6.28. The van der Waals surface area contributed by atoms with Gasteiger partial charge in [0, 0.05) is 18.6 Å². The molecule has 2 N–H and O–H groups in total. The molecule has 106 valence electrons. The number of ether oxygens (including phenoxy) is 2. The molecule has 1 saturated heterocycles. The fourth-order valence-electron chi connectivity index (χ4n) is 2.96. The molecule has 0 amide bonds. The number of nitrogens with zero attached hydrogens (tertiary/aromatic N) is 1. The van der Waals surface area contributed by atoms with E-state index >= 15 is 0 Å². The first-order chi connectivity index (χ1) is 8.72. The molecule has 1 heterocycles. The molecule has 0 aromatic rings. The quantitative estimate of drug-likeness (QED) is 0.807. The molecule has 0 spiro atoms. The normalized spacial score (nSPS) is 29.3. The lowest BCUT2D eigenvalue weighted by Gasteiger charge is -2.35. The van der Waals surface area contributed by atoms with Crippen LogP contribution in [-0.2, 0) is 9.47 Å². The maximum atomic E-state index is 6.35. The molecule has 0 bridgehead atoms. The van der Waals surface area contributed by atoms with Crippen molar-refractivity contribution in [2.45, 2.75) is 50.7 Å². The van der Waals surface area contributed by atoms with Gasteiger partial charge in [-0.2, -0.15) is 0 Å². The van der Waals surface area contributed by atoms with E-state index in [1.54, 1.807) is 0 Å². The molecule has 2 aliphatic rings. The number of nitrogens with two attached hydrogens (primary N) is 1. The zero-order valence-corrected chi connectivity index (χ0v) is 11.7. The van der Waals surface area contributed by atoms with Crippen LogP contribution in [0.5, 0.6) is 0 Å². The van der Waals surface area contributed by atoms with Gasteiger partial charge in [-0.25, -0.2) is 0 Å². The third-order valence-electron chi connectivity index (χ3n) is 4.21. The van der Waals surface area contributed by atoms with Gasteiger partial charge in [0.25, 0.3) is 0 Å². The smallest absolute Gasteiger partial charge is 0.0935 e. The van der Waals surface area contributed by atoms with Crippen molar-refractivity contribution in [3.63, 3.8) is 0 Å². The van der Waals surface area contributed by atoms with Gasteiger partial charge in [-0.3, -0.25) is 4.90 Å². The van der Waals surface area contributed by atoms with E-state index in [0.717, 1.165) is 39.1 Å². The summed E-state index contributed by atoms with van der Waals surface area (Å²) in [5, 5.41) is 0. The van der Waals surface area contributed by atoms with Crippen LogP contribution in [0.3, 0.4) is 0 Å². The van der Waals surface area contributed by atoms with Crippen LogP contribution in [-0.4, -0.2) is 56.0 Å². The molecule has 4 heteroatoms. The van der Waals surface area contributed by atoms with Gasteiger partial charge in [-0.15, -0.1) is 0 Å². The van der Waals surface area contributed by atoms with Crippen LogP contribution in [0.25, 0.3) is 0 Å². The van der Waals surface area contributed by atoms with Crippen molar-refractivity contribution < 1.29 is 9.47 Å². The zero-order chi connectivity index (χ0) is 12.8. The molecule has 1 saturated carbocycles. The second kappa shape index (κ2) is 6.85. The summed E-state index contributed by atoms with van der Waals surface area (Å²) in [6.07, 6.45) is 6.29. The van der Waals surface area contributed by atoms with Crippen molar-refractivity contribution in [3.05, 3.63) is 0 Å². The van der Waals surface area contributed by atoms with E-state index in [1.807, 2.05) is 0 Å². The summed E-state index contributed by atoms with van der Waals surface area (Å²) in [6, 6.07) is 0. The average molecular weight is 256 g/mol. The number of hydrogen-bond donors (Lipinski definition) is 1. The second-order valence-corrected chi connectivity index (χ2v) is 5.82. The van der Waals surface area contributed by atoms with Gasteiger partial charge in [-0.05, 0) is 19.4 Å². The fourth-order valence-corrected chi connectivity index (χ4v) is 2.96. The SMILES string of the molecule is CCN1CCOC(COCC2(N)CCCCC2)C1. The Balaban J connectivity index is 1.65. The van der Waals surface area contributed by atoms with Crippen LogP contribution in [0.4, 0.5) is 0 Å². The number of hydrogen-bond acceptors (Lipinski definition) is 4. The first-order valence-electron chi connectivity index (χ1n) is 7.42. The average Bonchev–Trinajstić information content (AvgIpc) is 2.40. The zero-order valence-electron chi connectivity index (χ0n) is 11.7. The lowest BCUT2D eigenvalue weighted by atomic mass is 9.83. The molecule has 1 unspecified atom stereocenters. The van der Waals surface area contributed by atoms with Gasteiger partial charge in [0.1, 0.15) is 0 Å². The Kier molecular flexibility index (Phi) is 5.42. The van der Waals surface area contributed by atoms with Crippen molar-refractivity contribution in [3.8, 4) is 0 Å². The predicted octanol–water partition coefficient (Wildman–Crippen LogP) is 1.39. The minimum atomic E-state index is -0.0721. The molecule has 0 aromatic carbocycles. The summed E-state index contributed by atoms with van der Waals surface area (Å²) >= 11 is 0. The summed E-state index contributed by atoms with van der Waals surface area (Å²) < 4.78 is 11.6. The highest BCUT2D eigenvalue weighted by Gasteiger charge is 2.28. The molecule has 1 aliphatic heterocycles. The third-order valence-corrected chi connectivity index (χ3v) is 4.21. The number of rotatable bonds is 5. The van der Waals surface area contributed by atoms with Gasteiger partial charge in [-0.1, -0.05) is 26.2 Å². The minimum Gasteiger partial charge on any atom is -0.377 e. The lowest BCUT2D eigenvalue weighted by molar-refractivity contribution is -0.0754. The third kappa shape index (κ3) is 4.19. The maximum absolute atomic E-state index is 6.35. The van der Waals surface area contributed by atoms with Crippen LogP contribution < -0.4 is 5.73 Å². The minimum absolute atomic E-state index is 0.0721. The summed E-state index contributed by atoms with van der Waals surface area (Å²) in [7, 11) is 0. The van der Waals surface area contributed by atoms with Crippen LogP contribution in [0.2, 0.25) is 0 Å². The van der Waals surface area contributed by atoms with E-state index < -0.39 is 0 Å². The second-order valence-electron chi connectivity index (χ2n) is 5.82. The van der Waals surface area contributed by atoms with Gasteiger partial charge in [0.05, 0.1) is 25.9 Å². The fraction of sp³-hybridized carbons (Fsp3) is 1.00. The first kappa shape index (κ1) is 14.3. The van der Waals surface area contributed by atoms with Gasteiger partial charge in [0.2, 0.25) is 0 Å². The summed E-state index contributed by atoms with van der Waals surface area (Å²) in [5.74, 6) is 0. The van der Waals surface area contributed by atoms with Crippen LogP contribution in [0.1, 0.15) is 39.0 Å². The molecular weight excluding hydrogens is 228 g/mol. The predicted molar refractivity (Wildman–Crippen MR) is 72.7 cm³/mol. The lowest BCUT2D eigenvalue weighted by Crippen LogP contribution is -2.48. The Morgan fingerprint density at radius 1 is 1.33 bits per heavy atom. The van der Waals surface area contributed by atoms with E-state index in [4.69, 9.17) is 15.2 Å². The highest BCUT2D eigenvalue weighted by Crippen LogP contribution is 2.26. The largest absolute Gasteiger partial charge is 0.377 e. The molecule has 4 nitrogen and oxygen atoms in total. The number of morpholine rings is 1. The Bertz CT molecular complexity index is 242. The summed E-state index contributed by atoms with van der Waals surface area (Å²) in [6.45, 7) is 7.55. The van der Waals surface area contributed by atoms with Crippen LogP contribution in [0, 0.1) is 0 Å². The van der Waals surface area contributed by atoms with Crippen molar-refractivity contribution in [1.29, 1.82) is 0 Å².